The lowest BCUT2D eigenvalue weighted by molar-refractivity contribution is -0.109. The fraction of sp³-hybridized carbons (Fsp3) is 0. The number of carbonyl (C=O) groups excluding carboxylic acids is 1. The smallest absolute Gasteiger partial charge is 0.186 e. The normalized spacial score (nSPS) is 14.0. The zero-order valence-corrected chi connectivity index (χ0v) is 13.0. The lowest BCUT2D eigenvalue weighted by Crippen LogP contribution is -1.95. The van der Waals surface area contributed by atoms with Crippen LogP contribution in [-0.4, -0.2) is 5.78 Å². The van der Waals surface area contributed by atoms with Crippen molar-refractivity contribution in [3.63, 3.8) is 0 Å². The molecule has 0 N–H and O–H groups in total. The van der Waals surface area contributed by atoms with Gasteiger partial charge in [0.15, 0.2) is 5.78 Å². The lowest BCUT2D eigenvalue weighted by atomic mass is 9.91. The molecule has 1 heteroatoms. The van der Waals surface area contributed by atoms with Crippen LogP contribution in [0.4, 0.5) is 0 Å². The highest BCUT2D eigenvalue weighted by atomic mass is 16.1. The van der Waals surface area contributed by atoms with E-state index >= 15 is 0 Å². The number of allylic oxidation sites excluding steroid dienone is 4. The van der Waals surface area contributed by atoms with E-state index in [-0.39, 0.29) is 5.78 Å². The van der Waals surface area contributed by atoms with Crippen LogP contribution in [0.1, 0.15) is 5.56 Å². The third kappa shape index (κ3) is 1.85. The van der Waals surface area contributed by atoms with Crippen molar-refractivity contribution in [3.8, 4) is 0 Å². The van der Waals surface area contributed by atoms with Gasteiger partial charge in [-0.15, -0.1) is 0 Å². The van der Waals surface area contributed by atoms with E-state index in [1.807, 2.05) is 24.3 Å². The van der Waals surface area contributed by atoms with Crippen LogP contribution in [0.2, 0.25) is 0 Å². The molecule has 0 heterocycles. The Morgan fingerprint density at radius 3 is 2.21 bits per heavy atom. The zero-order chi connectivity index (χ0) is 16.1. The van der Waals surface area contributed by atoms with E-state index in [0.29, 0.717) is 0 Å². The summed E-state index contributed by atoms with van der Waals surface area (Å²) in [5.41, 5.74) is 1.80. The third-order valence-corrected chi connectivity index (χ3v) is 4.79. The lowest BCUT2D eigenvalue weighted by Gasteiger charge is -2.11. The zero-order valence-electron chi connectivity index (χ0n) is 13.0. The van der Waals surface area contributed by atoms with Gasteiger partial charge in [-0.3, -0.25) is 4.79 Å². The Balaban J connectivity index is 1.95. The number of fused-ring (bicyclic) bond motifs is 4. The van der Waals surface area contributed by atoms with Crippen molar-refractivity contribution in [2.75, 3.05) is 0 Å². The van der Waals surface area contributed by atoms with Gasteiger partial charge in [0, 0.05) is 5.57 Å². The molecule has 0 aromatic heterocycles. The molecule has 4 aromatic carbocycles. The largest absolute Gasteiger partial charge is 0.289 e. The minimum Gasteiger partial charge on any atom is -0.289 e. The predicted octanol–water partition coefficient (Wildman–Crippen LogP) is 5.67. The number of hydrogen-bond acceptors (Lipinski definition) is 1. The summed E-state index contributed by atoms with van der Waals surface area (Å²) in [4.78, 5) is 12.2. The first kappa shape index (κ1) is 13.3. The molecule has 0 saturated heterocycles. The molecule has 0 atom stereocenters. The van der Waals surface area contributed by atoms with Gasteiger partial charge in [-0.1, -0.05) is 66.7 Å². The van der Waals surface area contributed by atoms with Crippen LogP contribution >= 0.6 is 0 Å². The number of benzene rings is 4. The monoisotopic (exact) mass is 306 g/mol. The van der Waals surface area contributed by atoms with Gasteiger partial charge < -0.3 is 0 Å². The summed E-state index contributed by atoms with van der Waals surface area (Å²) < 4.78 is 0. The van der Waals surface area contributed by atoms with Crippen molar-refractivity contribution in [3.05, 3.63) is 90.5 Å². The average Bonchev–Trinajstić information content (AvgIpc) is 3.05. The number of rotatable bonds is 1. The highest BCUT2D eigenvalue weighted by Gasteiger charge is 2.16. The van der Waals surface area contributed by atoms with E-state index in [0.717, 1.165) is 21.9 Å². The van der Waals surface area contributed by atoms with Gasteiger partial charge in [-0.25, -0.2) is 0 Å². The standard InChI is InChI=1S/C23H14O/c24-22-10-4-8-19(22)20-9-3-7-15-11-12-18-13-16-5-1-2-6-17(16)14-21(18)23(15)20/h1-14H. The summed E-state index contributed by atoms with van der Waals surface area (Å²) in [5.74, 6) is 0.0836. The molecule has 1 aliphatic carbocycles. The van der Waals surface area contributed by atoms with Crippen LogP contribution in [-0.2, 0) is 4.79 Å². The van der Waals surface area contributed by atoms with Crippen molar-refractivity contribution < 1.29 is 4.79 Å². The molecular formula is C23H14O. The predicted molar refractivity (Wildman–Crippen MR) is 101 cm³/mol. The van der Waals surface area contributed by atoms with Gasteiger partial charge in [-0.2, -0.15) is 0 Å². The van der Waals surface area contributed by atoms with Gasteiger partial charge in [0.25, 0.3) is 0 Å². The fourth-order valence-corrected chi connectivity index (χ4v) is 3.65. The summed E-state index contributed by atoms with van der Waals surface area (Å²) in [6.07, 6.45) is 5.38. The van der Waals surface area contributed by atoms with E-state index in [2.05, 4.69) is 54.6 Å². The molecular weight excluding hydrogens is 292 g/mol. The second-order valence-corrected chi connectivity index (χ2v) is 6.19. The molecule has 0 aliphatic heterocycles. The number of carbonyl (C=O) groups is 1. The van der Waals surface area contributed by atoms with E-state index in [1.165, 1.54) is 21.5 Å². The minimum absolute atomic E-state index is 0.0836. The van der Waals surface area contributed by atoms with Crippen LogP contribution in [0.5, 0.6) is 0 Å². The maximum Gasteiger partial charge on any atom is 0.186 e. The Morgan fingerprint density at radius 2 is 1.42 bits per heavy atom. The molecule has 5 rings (SSSR count). The van der Waals surface area contributed by atoms with Crippen molar-refractivity contribution in [2.45, 2.75) is 0 Å². The van der Waals surface area contributed by atoms with Crippen LogP contribution in [0, 0.1) is 0 Å². The van der Waals surface area contributed by atoms with Gasteiger partial charge in [0.05, 0.1) is 0 Å². The maximum absolute atomic E-state index is 12.2. The molecule has 0 amide bonds. The Morgan fingerprint density at radius 1 is 0.667 bits per heavy atom. The van der Waals surface area contributed by atoms with Crippen molar-refractivity contribution in [1.82, 2.24) is 0 Å². The SMILES string of the molecule is O=C1C=CC=C1c1cccc2ccc3cc4ccccc4cc3c12. The molecule has 0 fully saturated rings. The van der Waals surface area contributed by atoms with Crippen molar-refractivity contribution in [2.24, 2.45) is 0 Å². The molecule has 0 unspecified atom stereocenters. The molecule has 0 bridgehead atoms. The minimum atomic E-state index is 0.0836. The van der Waals surface area contributed by atoms with Gasteiger partial charge in [-0.05, 0) is 56.1 Å². The summed E-state index contributed by atoms with van der Waals surface area (Å²) in [6, 6.07) is 23.4. The highest BCUT2D eigenvalue weighted by molar-refractivity contribution is 6.32. The first-order valence-corrected chi connectivity index (χ1v) is 8.08. The Kier molecular flexibility index (Phi) is 2.71. The topological polar surface area (TPSA) is 17.1 Å². The van der Waals surface area contributed by atoms with E-state index in [1.54, 1.807) is 6.08 Å². The second kappa shape index (κ2) is 4.90. The molecule has 0 radical (unpaired) electrons. The molecule has 0 spiro atoms. The summed E-state index contributed by atoms with van der Waals surface area (Å²) in [7, 11) is 0. The summed E-state index contributed by atoms with van der Waals surface area (Å²) >= 11 is 0. The molecule has 0 saturated carbocycles. The molecule has 4 aromatic rings. The van der Waals surface area contributed by atoms with Gasteiger partial charge >= 0.3 is 0 Å². The third-order valence-electron chi connectivity index (χ3n) is 4.79. The quantitative estimate of drug-likeness (QED) is 0.327. The van der Waals surface area contributed by atoms with Crippen molar-refractivity contribution >= 4 is 43.7 Å². The second-order valence-electron chi connectivity index (χ2n) is 6.19. The van der Waals surface area contributed by atoms with Gasteiger partial charge in [0.1, 0.15) is 0 Å². The molecule has 112 valence electrons. The number of ketones is 1. The first-order valence-electron chi connectivity index (χ1n) is 8.08. The maximum atomic E-state index is 12.2. The summed E-state index contributed by atoms with van der Waals surface area (Å²) in [5, 5.41) is 7.17. The first-order chi connectivity index (χ1) is 11.8. The Bertz CT molecular complexity index is 1210. The molecule has 1 aliphatic rings. The van der Waals surface area contributed by atoms with E-state index < -0.39 is 0 Å². The average molecular weight is 306 g/mol. The summed E-state index contributed by atoms with van der Waals surface area (Å²) in [6.45, 7) is 0. The fourth-order valence-electron chi connectivity index (χ4n) is 3.65. The van der Waals surface area contributed by atoms with Crippen LogP contribution in [0.15, 0.2) is 85.0 Å². The Hall–Kier alpha value is -3.19. The van der Waals surface area contributed by atoms with Crippen molar-refractivity contribution in [1.29, 1.82) is 0 Å². The number of hydrogen-bond donors (Lipinski definition) is 0. The van der Waals surface area contributed by atoms with Crippen LogP contribution in [0.25, 0.3) is 37.9 Å². The van der Waals surface area contributed by atoms with Crippen LogP contribution < -0.4 is 0 Å². The Labute approximate surface area is 139 Å². The molecule has 1 nitrogen and oxygen atoms in total. The molecule has 24 heavy (non-hydrogen) atoms. The van der Waals surface area contributed by atoms with E-state index in [4.69, 9.17) is 0 Å². The van der Waals surface area contributed by atoms with Crippen LogP contribution in [0.3, 0.4) is 0 Å². The highest BCUT2D eigenvalue weighted by Crippen LogP contribution is 2.35. The van der Waals surface area contributed by atoms with Gasteiger partial charge in [0.2, 0.25) is 0 Å². The van der Waals surface area contributed by atoms with E-state index in [9.17, 15) is 4.79 Å².